The SMILES string of the molecule is COc1ccc(OC)c(-c2csc3nc(-c4ccccc4)cn23)c1.Cl. The zero-order valence-corrected chi connectivity index (χ0v) is 15.4. The number of halogens is 1. The summed E-state index contributed by atoms with van der Waals surface area (Å²) in [7, 11) is 3.34. The molecule has 0 amide bonds. The van der Waals surface area contributed by atoms with Crippen molar-refractivity contribution in [3.05, 3.63) is 60.1 Å². The first-order chi connectivity index (χ1) is 11.8. The van der Waals surface area contributed by atoms with Gasteiger partial charge in [0.2, 0.25) is 0 Å². The predicted molar refractivity (Wildman–Crippen MR) is 104 cm³/mol. The summed E-state index contributed by atoms with van der Waals surface area (Å²) >= 11 is 1.61. The van der Waals surface area contributed by atoms with E-state index in [4.69, 9.17) is 14.5 Å². The van der Waals surface area contributed by atoms with Gasteiger partial charge in [-0.15, -0.1) is 23.7 Å². The molecule has 2 heterocycles. The van der Waals surface area contributed by atoms with Crippen molar-refractivity contribution in [3.8, 4) is 34.0 Å². The Kier molecular flexibility index (Phi) is 4.97. The number of hydrogen-bond acceptors (Lipinski definition) is 4. The van der Waals surface area contributed by atoms with E-state index in [1.807, 2.05) is 36.4 Å². The molecule has 0 atom stereocenters. The molecular weight excluding hydrogens is 356 g/mol. The molecule has 0 aliphatic carbocycles. The molecule has 128 valence electrons. The van der Waals surface area contributed by atoms with Crippen LogP contribution < -0.4 is 9.47 Å². The van der Waals surface area contributed by atoms with Crippen LogP contribution in [-0.2, 0) is 0 Å². The molecule has 2 aromatic carbocycles. The topological polar surface area (TPSA) is 35.8 Å². The van der Waals surface area contributed by atoms with Crippen LogP contribution in [-0.4, -0.2) is 23.6 Å². The van der Waals surface area contributed by atoms with Crippen LogP contribution in [0.5, 0.6) is 11.5 Å². The number of benzene rings is 2. The van der Waals surface area contributed by atoms with Crippen LogP contribution >= 0.6 is 23.7 Å². The number of rotatable bonds is 4. The van der Waals surface area contributed by atoms with Gasteiger partial charge in [-0.3, -0.25) is 4.40 Å². The van der Waals surface area contributed by atoms with Crippen LogP contribution in [0.3, 0.4) is 0 Å². The van der Waals surface area contributed by atoms with E-state index < -0.39 is 0 Å². The van der Waals surface area contributed by atoms with Gasteiger partial charge in [0, 0.05) is 22.7 Å². The molecule has 0 radical (unpaired) electrons. The molecule has 0 fully saturated rings. The van der Waals surface area contributed by atoms with Gasteiger partial charge in [-0.05, 0) is 18.2 Å². The summed E-state index contributed by atoms with van der Waals surface area (Å²) in [5.41, 5.74) is 4.10. The fourth-order valence-corrected chi connectivity index (χ4v) is 3.61. The summed E-state index contributed by atoms with van der Waals surface area (Å²) in [6, 6.07) is 16.0. The largest absolute Gasteiger partial charge is 0.497 e. The number of hydrogen-bond donors (Lipinski definition) is 0. The van der Waals surface area contributed by atoms with Crippen molar-refractivity contribution >= 4 is 28.7 Å². The molecule has 6 heteroatoms. The first kappa shape index (κ1) is 17.3. The van der Waals surface area contributed by atoms with E-state index in [9.17, 15) is 0 Å². The van der Waals surface area contributed by atoms with Crippen molar-refractivity contribution in [3.63, 3.8) is 0 Å². The van der Waals surface area contributed by atoms with E-state index in [2.05, 4.69) is 28.1 Å². The van der Waals surface area contributed by atoms with Crippen LogP contribution in [0.15, 0.2) is 60.1 Å². The van der Waals surface area contributed by atoms with Crippen molar-refractivity contribution in [2.45, 2.75) is 0 Å². The Bertz CT molecular complexity index is 995. The second-order valence-electron chi connectivity index (χ2n) is 5.33. The Morgan fingerprint density at radius 3 is 2.52 bits per heavy atom. The lowest BCUT2D eigenvalue weighted by Crippen LogP contribution is -1.92. The summed E-state index contributed by atoms with van der Waals surface area (Å²) in [6.07, 6.45) is 2.06. The first-order valence-electron chi connectivity index (χ1n) is 7.54. The van der Waals surface area contributed by atoms with Crippen molar-refractivity contribution in [2.75, 3.05) is 14.2 Å². The van der Waals surface area contributed by atoms with Gasteiger partial charge in [-0.2, -0.15) is 0 Å². The van der Waals surface area contributed by atoms with Crippen LogP contribution in [0.25, 0.3) is 27.5 Å². The lowest BCUT2D eigenvalue weighted by atomic mass is 10.1. The number of methoxy groups -OCH3 is 2. The molecule has 4 rings (SSSR count). The minimum Gasteiger partial charge on any atom is -0.497 e. The zero-order chi connectivity index (χ0) is 16.5. The Labute approximate surface area is 156 Å². The second-order valence-corrected chi connectivity index (χ2v) is 6.17. The third kappa shape index (κ3) is 3.08. The summed E-state index contributed by atoms with van der Waals surface area (Å²) in [6.45, 7) is 0. The average molecular weight is 373 g/mol. The van der Waals surface area contributed by atoms with Crippen molar-refractivity contribution in [1.29, 1.82) is 0 Å². The van der Waals surface area contributed by atoms with E-state index in [-0.39, 0.29) is 12.4 Å². The van der Waals surface area contributed by atoms with Gasteiger partial charge in [-0.1, -0.05) is 30.3 Å². The minimum absolute atomic E-state index is 0. The third-order valence-electron chi connectivity index (χ3n) is 3.96. The molecule has 0 aliphatic heterocycles. The van der Waals surface area contributed by atoms with Crippen molar-refractivity contribution in [1.82, 2.24) is 9.38 Å². The molecule has 0 N–H and O–H groups in total. The van der Waals surface area contributed by atoms with E-state index in [0.29, 0.717) is 0 Å². The third-order valence-corrected chi connectivity index (χ3v) is 4.80. The monoisotopic (exact) mass is 372 g/mol. The molecule has 2 aromatic heterocycles. The van der Waals surface area contributed by atoms with E-state index in [1.165, 1.54) is 0 Å². The summed E-state index contributed by atoms with van der Waals surface area (Å²) < 4.78 is 13.0. The molecule has 4 nitrogen and oxygen atoms in total. The average Bonchev–Trinajstić information content (AvgIpc) is 3.22. The standard InChI is InChI=1S/C19H16N2O2S.ClH/c1-22-14-8-9-18(23-2)15(10-14)17-12-24-19-20-16(11-21(17)19)13-6-4-3-5-7-13;/h3-12H,1-2H3;1H. The maximum Gasteiger partial charge on any atom is 0.194 e. The molecule has 0 saturated carbocycles. The molecule has 4 aromatic rings. The Balaban J connectivity index is 0.00000182. The molecule has 0 aliphatic rings. The number of aromatic nitrogens is 2. The number of imidazole rings is 1. The van der Waals surface area contributed by atoms with Gasteiger partial charge in [0.05, 0.1) is 25.6 Å². The highest BCUT2D eigenvalue weighted by atomic mass is 35.5. The molecule has 0 bridgehead atoms. The minimum atomic E-state index is 0. The van der Waals surface area contributed by atoms with Gasteiger partial charge in [-0.25, -0.2) is 4.98 Å². The van der Waals surface area contributed by atoms with E-state index in [1.54, 1.807) is 25.6 Å². The van der Waals surface area contributed by atoms with E-state index >= 15 is 0 Å². The Morgan fingerprint density at radius 2 is 1.80 bits per heavy atom. The predicted octanol–water partition coefficient (Wildman–Crippen LogP) is 5.17. The lowest BCUT2D eigenvalue weighted by molar-refractivity contribution is 0.404. The number of nitrogens with zero attached hydrogens (tertiary/aromatic N) is 2. The maximum absolute atomic E-state index is 5.52. The molecular formula is C19H17ClN2O2S. The highest BCUT2D eigenvalue weighted by molar-refractivity contribution is 7.15. The van der Waals surface area contributed by atoms with Crippen molar-refractivity contribution < 1.29 is 9.47 Å². The quantitative estimate of drug-likeness (QED) is 0.496. The van der Waals surface area contributed by atoms with Gasteiger partial charge in [0.1, 0.15) is 11.5 Å². The maximum atomic E-state index is 5.52. The normalized spacial score (nSPS) is 10.5. The number of thiazole rings is 1. The molecule has 0 unspecified atom stereocenters. The summed E-state index contributed by atoms with van der Waals surface area (Å²) in [4.78, 5) is 5.69. The number of fused-ring (bicyclic) bond motifs is 1. The van der Waals surface area contributed by atoms with Gasteiger partial charge in [0.15, 0.2) is 4.96 Å². The molecule has 0 spiro atoms. The van der Waals surface area contributed by atoms with Crippen LogP contribution in [0, 0.1) is 0 Å². The van der Waals surface area contributed by atoms with Crippen LogP contribution in [0.2, 0.25) is 0 Å². The molecule has 0 saturated heterocycles. The zero-order valence-electron chi connectivity index (χ0n) is 13.8. The van der Waals surface area contributed by atoms with Gasteiger partial charge < -0.3 is 9.47 Å². The highest BCUT2D eigenvalue weighted by Crippen LogP contribution is 2.36. The van der Waals surface area contributed by atoms with E-state index in [0.717, 1.165) is 39.0 Å². The van der Waals surface area contributed by atoms with Crippen LogP contribution in [0.1, 0.15) is 0 Å². The fraction of sp³-hybridized carbons (Fsp3) is 0.105. The summed E-state index contributed by atoms with van der Waals surface area (Å²) in [5.74, 6) is 1.61. The smallest absolute Gasteiger partial charge is 0.194 e. The van der Waals surface area contributed by atoms with Crippen molar-refractivity contribution in [2.24, 2.45) is 0 Å². The van der Waals surface area contributed by atoms with Crippen LogP contribution in [0.4, 0.5) is 0 Å². The first-order valence-corrected chi connectivity index (χ1v) is 8.42. The Hall–Kier alpha value is -2.50. The summed E-state index contributed by atoms with van der Waals surface area (Å²) in [5, 5.41) is 2.09. The fourth-order valence-electron chi connectivity index (χ4n) is 2.74. The van der Waals surface area contributed by atoms with Gasteiger partial charge >= 0.3 is 0 Å². The van der Waals surface area contributed by atoms with Gasteiger partial charge in [0.25, 0.3) is 0 Å². The number of ether oxygens (including phenoxy) is 2. The molecule has 25 heavy (non-hydrogen) atoms. The Morgan fingerprint density at radius 1 is 1.00 bits per heavy atom. The highest BCUT2D eigenvalue weighted by Gasteiger charge is 2.15. The lowest BCUT2D eigenvalue weighted by Gasteiger charge is -2.09. The second kappa shape index (κ2) is 7.17.